The fourth-order valence-corrected chi connectivity index (χ4v) is 4.06. The molecule has 1 atom stereocenters. The number of piperidine rings is 1. The zero-order valence-corrected chi connectivity index (χ0v) is 16.8. The van der Waals surface area contributed by atoms with E-state index in [4.69, 9.17) is 9.47 Å². The van der Waals surface area contributed by atoms with Crippen LogP contribution in [-0.4, -0.2) is 53.6 Å². The van der Waals surface area contributed by atoms with Gasteiger partial charge in [0.15, 0.2) is 0 Å². The molecule has 2 fully saturated rings. The first kappa shape index (κ1) is 20.3. The molecule has 0 bridgehead atoms. The van der Waals surface area contributed by atoms with Crippen molar-refractivity contribution >= 4 is 23.8 Å². The Kier molecular flexibility index (Phi) is 5.72. The largest absolute Gasteiger partial charge is 0.446 e. The van der Waals surface area contributed by atoms with Gasteiger partial charge in [0.25, 0.3) is 5.91 Å². The molecule has 30 heavy (non-hydrogen) atoms. The van der Waals surface area contributed by atoms with Gasteiger partial charge in [-0.05, 0) is 30.5 Å². The van der Waals surface area contributed by atoms with Gasteiger partial charge in [0.1, 0.15) is 12.1 Å². The lowest BCUT2D eigenvalue weighted by Crippen LogP contribution is -2.52. The van der Waals surface area contributed by atoms with E-state index in [1.807, 2.05) is 19.1 Å². The number of nitrogens with zero attached hydrogens (tertiary/aromatic N) is 1. The van der Waals surface area contributed by atoms with Crippen LogP contribution in [0, 0.1) is 0 Å². The van der Waals surface area contributed by atoms with Crippen LogP contribution in [0.15, 0.2) is 18.2 Å². The first-order valence-corrected chi connectivity index (χ1v) is 10.3. The lowest BCUT2D eigenvalue weighted by atomic mass is 9.92. The second kappa shape index (κ2) is 8.43. The van der Waals surface area contributed by atoms with Crippen LogP contribution in [0.25, 0.3) is 0 Å². The summed E-state index contributed by atoms with van der Waals surface area (Å²) >= 11 is 0. The Hall–Kier alpha value is -2.94. The number of carbonyl (C=O) groups excluding carboxylic acids is 4. The van der Waals surface area contributed by atoms with Crippen molar-refractivity contribution in [3.05, 3.63) is 34.9 Å². The minimum absolute atomic E-state index is 0.120. The number of rotatable bonds is 6. The molecular formula is C21H25N3O6. The molecule has 1 aromatic rings. The molecule has 1 saturated heterocycles. The van der Waals surface area contributed by atoms with Crippen LogP contribution in [0.5, 0.6) is 0 Å². The highest BCUT2D eigenvalue weighted by molar-refractivity contribution is 6.05. The summed E-state index contributed by atoms with van der Waals surface area (Å²) < 4.78 is 10.8. The van der Waals surface area contributed by atoms with Crippen molar-refractivity contribution in [2.75, 3.05) is 6.61 Å². The molecule has 9 nitrogen and oxygen atoms in total. The third kappa shape index (κ3) is 4.16. The topological polar surface area (TPSA) is 114 Å². The summed E-state index contributed by atoms with van der Waals surface area (Å²) in [6.45, 7) is 3.16. The highest BCUT2D eigenvalue weighted by atomic mass is 16.6. The van der Waals surface area contributed by atoms with E-state index in [-0.39, 0.29) is 37.0 Å². The number of alkyl carbamates (subject to hydrolysis) is 1. The molecule has 2 heterocycles. The maximum absolute atomic E-state index is 12.8. The predicted molar refractivity (Wildman–Crippen MR) is 104 cm³/mol. The average molecular weight is 415 g/mol. The number of benzene rings is 1. The highest BCUT2D eigenvalue weighted by Gasteiger charge is 2.39. The van der Waals surface area contributed by atoms with Crippen LogP contribution in [-0.2, 0) is 32.2 Å². The quantitative estimate of drug-likeness (QED) is 0.676. The zero-order valence-electron chi connectivity index (χ0n) is 16.8. The van der Waals surface area contributed by atoms with Crippen LogP contribution in [0.2, 0.25) is 0 Å². The van der Waals surface area contributed by atoms with Gasteiger partial charge >= 0.3 is 6.09 Å². The van der Waals surface area contributed by atoms with E-state index in [0.717, 1.165) is 11.1 Å². The molecule has 3 aliphatic rings. The molecule has 160 valence electrons. The molecule has 0 aromatic heterocycles. The second-order valence-electron chi connectivity index (χ2n) is 7.82. The molecule has 1 aliphatic carbocycles. The Balaban J connectivity index is 1.31. The summed E-state index contributed by atoms with van der Waals surface area (Å²) in [7, 11) is 0. The molecule has 4 amide bonds. The summed E-state index contributed by atoms with van der Waals surface area (Å²) in [6.07, 6.45) is 1.53. The Morgan fingerprint density at radius 3 is 2.77 bits per heavy atom. The normalized spacial score (nSPS) is 25.4. The van der Waals surface area contributed by atoms with Gasteiger partial charge in [-0.3, -0.25) is 19.7 Å². The predicted octanol–water partition coefficient (Wildman–Crippen LogP) is 1.24. The summed E-state index contributed by atoms with van der Waals surface area (Å²) in [5.41, 5.74) is 2.11. The lowest BCUT2D eigenvalue weighted by Gasteiger charge is -2.34. The van der Waals surface area contributed by atoms with Crippen molar-refractivity contribution in [1.29, 1.82) is 0 Å². The molecule has 1 aromatic carbocycles. The Labute approximate surface area is 174 Å². The minimum atomic E-state index is -0.637. The number of ether oxygens (including phenoxy) is 2. The summed E-state index contributed by atoms with van der Waals surface area (Å²) in [6, 6.07) is 4.77. The number of hydrogen-bond donors (Lipinski definition) is 2. The van der Waals surface area contributed by atoms with E-state index >= 15 is 0 Å². The molecule has 2 aliphatic heterocycles. The number of imide groups is 1. The molecule has 1 unspecified atom stereocenters. The third-order valence-electron chi connectivity index (χ3n) is 5.76. The van der Waals surface area contributed by atoms with Gasteiger partial charge in [0.05, 0.1) is 6.10 Å². The lowest BCUT2D eigenvalue weighted by molar-refractivity contribution is -0.136. The van der Waals surface area contributed by atoms with Crippen LogP contribution in [0.1, 0.15) is 54.1 Å². The highest BCUT2D eigenvalue weighted by Crippen LogP contribution is 2.28. The van der Waals surface area contributed by atoms with Crippen LogP contribution >= 0.6 is 0 Å². The fourth-order valence-electron chi connectivity index (χ4n) is 4.06. The van der Waals surface area contributed by atoms with Gasteiger partial charge in [-0.2, -0.15) is 0 Å². The molecule has 4 rings (SSSR count). The van der Waals surface area contributed by atoms with E-state index in [1.165, 1.54) is 4.90 Å². The molecule has 2 N–H and O–H groups in total. The number of fused-ring (bicyclic) bond motifs is 1. The van der Waals surface area contributed by atoms with Crippen LogP contribution < -0.4 is 10.6 Å². The molecule has 0 spiro atoms. The summed E-state index contributed by atoms with van der Waals surface area (Å²) in [5.74, 6) is -0.976. The summed E-state index contributed by atoms with van der Waals surface area (Å²) in [4.78, 5) is 49.8. The number of carbonyl (C=O) groups is 4. The molecule has 0 radical (unpaired) electrons. The smallest absolute Gasteiger partial charge is 0.407 e. The van der Waals surface area contributed by atoms with E-state index in [2.05, 4.69) is 10.6 Å². The van der Waals surface area contributed by atoms with E-state index in [0.29, 0.717) is 38.0 Å². The first-order chi connectivity index (χ1) is 14.4. The summed E-state index contributed by atoms with van der Waals surface area (Å²) in [5, 5.41) is 5.00. The maximum atomic E-state index is 12.8. The van der Waals surface area contributed by atoms with Crippen molar-refractivity contribution in [3.63, 3.8) is 0 Å². The number of amides is 4. The molecular weight excluding hydrogens is 390 g/mol. The molecule has 9 heteroatoms. The third-order valence-corrected chi connectivity index (χ3v) is 5.76. The van der Waals surface area contributed by atoms with Crippen molar-refractivity contribution in [1.82, 2.24) is 15.5 Å². The van der Waals surface area contributed by atoms with E-state index < -0.39 is 18.0 Å². The minimum Gasteiger partial charge on any atom is -0.446 e. The number of hydrogen-bond acceptors (Lipinski definition) is 6. The van der Waals surface area contributed by atoms with Crippen LogP contribution in [0.4, 0.5) is 4.79 Å². The van der Waals surface area contributed by atoms with Gasteiger partial charge in [-0.15, -0.1) is 0 Å². The van der Waals surface area contributed by atoms with Gasteiger partial charge in [-0.1, -0.05) is 12.1 Å². The van der Waals surface area contributed by atoms with Crippen LogP contribution in [0.3, 0.4) is 0 Å². The monoisotopic (exact) mass is 415 g/mol. The maximum Gasteiger partial charge on any atom is 0.407 e. The van der Waals surface area contributed by atoms with Crippen molar-refractivity contribution in [3.8, 4) is 0 Å². The van der Waals surface area contributed by atoms with Gasteiger partial charge < -0.3 is 19.7 Å². The van der Waals surface area contributed by atoms with Gasteiger partial charge in [-0.25, -0.2) is 4.79 Å². The standard InChI is InChI=1S/C21H25N3O6/c1-2-29-14-8-15(9-14)30-21(28)22-10-12-3-4-13-11-24(20(27)16(13)7-12)17-5-6-18(25)23-19(17)26/h3-4,7,14-15,17H,2,5-6,8-11H2,1H3,(H,22,28)(H,23,25,26). The Bertz CT molecular complexity index is 879. The average Bonchev–Trinajstić information content (AvgIpc) is 3.01. The van der Waals surface area contributed by atoms with E-state index in [1.54, 1.807) is 6.07 Å². The number of nitrogens with one attached hydrogen (secondary N) is 2. The Morgan fingerprint density at radius 1 is 1.23 bits per heavy atom. The molecule has 1 saturated carbocycles. The zero-order chi connectivity index (χ0) is 21.3. The van der Waals surface area contributed by atoms with E-state index in [9.17, 15) is 19.2 Å². The Morgan fingerprint density at radius 2 is 2.03 bits per heavy atom. The second-order valence-corrected chi connectivity index (χ2v) is 7.82. The fraction of sp³-hybridized carbons (Fsp3) is 0.524. The van der Waals surface area contributed by atoms with Crippen molar-refractivity contribution < 1.29 is 28.7 Å². The first-order valence-electron chi connectivity index (χ1n) is 10.3. The van der Waals surface area contributed by atoms with Crippen molar-refractivity contribution in [2.45, 2.75) is 63.9 Å². The van der Waals surface area contributed by atoms with Crippen molar-refractivity contribution in [2.24, 2.45) is 0 Å². The SMILES string of the molecule is CCOC1CC(OC(=O)NCc2ccc3c(c2)C(=O)N(C2CCC(=O)NC2=O)C3)C1. The van der Waals surface area contributed by atoms with Gasteiger partial charge in [0, 0.05) is 44.5 Å². The van der Waals surface area contributed by atoms with Gasteiger partial charge in [0.2, 0.25) is 11.8 Å².